The Bertz CT molecular complexity index is 231. The second kappa shape index (κ2) is 126. The summed E-state index contributed by atoms with van der Waals surface area (Å²) < 4.78 is 0. The van der Waals surface area contributed by atoms with E-state index < -0.39 is 30.8 Å². The third-order valence-electron chi connectivity index (χ3n) is 0. The fourth-order valence-electron chi connectivity index (χ4n) is 0. The van der Waals surface area contributed by atoms with Crippen LogP contribution in [0.5, 0.6) is 0 Å². The molecule has 0 aromatic carbocycles. The number of rotatable bonds is 0. The Balaban J connectivity index is -0.00000000536. The van der Waals surface area contributed by atoms with Crippen molar-refractivity contribution in [1.82, 2.24) is 0 Å². The summed E-state index contributed by atoms with van der Waals surface area (Å²) in [4.78, 5) is 41.7. The second-order valence-electron chi connectivity index (χ2n) is 1.25. The zero-order valence-electron chi connectivity index (χ0n) is 15.2. The Morgan fingerprint density at radius 3 is 0.312 bits per heavy atom. The van der Waals surface area contributed by atoms with E-state index in [9.17, 15) is 0 Å². The van der Waals surface area contributed by atoms with Crippen LogP contribution in [0.25, 0.3) is 0 Å². The van der Waals surface area contributed by atoms with Crippen molar-refractivity contribution in [3.8, 4) is 0 Å². The minimum atomic E-state index is -2.33. The Labute approximate surface area is 247 Å². The summed E-state index contributed by atoms with van der Waals surface area (Å²) in [5.41, 5.74) is 0. The van der Waals surface area contributed by atoms with Gasteiger partial charge in [0.25, 0.3) is 0 Å². The molecule has 0 spiro atoms. The largest absolute Gasteiger partial charge is 3.00 e. The van der Waals surface area contributed by atoms with Gasteiger partial charge in [0, 0.05) is 0 Å². The summed E-state index contributed by atoms with van der Waals surface area (Å²) in [5.74, 6) is 0. The van der Waals surface area contributed by atoms with Gasteiger partial charge in [-0.15, -0.1) is 0 Å². The molecule has 0 aliphatic carbocycles. The number of carbonyl (C=O) groups is 5. The molecule has 0 aromatic heterocycles. The molecule has 0 heterocycles. The normalized spacial score (nSPS) is 3.75. The molecule has 32 heavy (non-hydrogen) atoms. The molecule has 7 N–H and O–H groups in total. The summed E-state index contributed by atoms with van der Waals surface area (Å²) in [6, 6.07) is 0. The first-order valence-corrected chi connectivity index (χ1v) is 3.06. The van der Waals surface area contributed by atoms with Crippen LogP contribution in [0.4, 0.5) is 24.0 Å². The molecule has 0 bridgehead atoms. The minimum absolute atomic E-state index is 0. The molecule has 0 unspecified atom stereocenters. The predicted molar refractivity (Wildman–Crippen MR) is 57.5 cm³/mol. The van der Waals surface area contributed by atoms with Gasteiger partial charge in [0.2, 0.25) is 0 Å². The molecular weight excluding hydrogens is 673 g/mol. The van der Waals surface area contributed by atoms with Crippen LogP contribution < -0.4 is 51.1 Å². The Morgan fingerprint density at radius 2 is 0.312 bits per heavy atom. The van der Waals surface area contributed by atoms with Gasteiger partial charge in [-0.2, -0.15) is 0 Å². The van der Waals surface area contributed by atoms with E-state index in [1.54, 1.807) is 0 Å². The molecule has 0 saturated heterocycles. The van der Waals surface area contributed by atoms with E-state index in [0.717, 1.165) is 0 Å². The SMILES string of the molecule is O.O=C([O-])[O-].O=C([O-])[O-].O=C([O-])[O-].O=C([O-])[O-].O=C([O-])[O-].[Al+3].[Al+3].[Al+3].[OH-].[OH-].[OH-].[OH-].[OH-].[Zn+2].[Zn+2].[Zn+2]. The van der Waals surface area contributed by atoms with Crippen molar-refractivity contribution >= 4 is 82.9 Å². The van der Waals surface area contributed by atoms with Gasteiger partial charge in [-0.25, -0.2) is 0 Å². The topological polar surface area (TPSA) is 497 Å². The number of hydrogen-bond donors (Lipinski definition) is 0. The van der Waals surface area contributed by atoms with Crippen molar-refractivity contribution in [2.24, 2.45) is 0 Å². The quantitative estimate of drug-likeness (QED) is 0.214. The molecule has 21 nitrogen and oxygen atoms in total. The van der Waals surface area contributed by atoms with E-state index in [1.807, 2.05) is 0 Å². The van der Waals surface area contributed by atoms with Crippen molar-refractivity contribution < 1.29 is 166 Å². The van der Waals surface area contributed by atoms with Gasteiger partial charge in [0.05, 0.1) is 0 Å². The van der Waals surface area contributed by atoms with Gasteiger partial charge in [-0.1, -0.05) is 0 Å². The summed E-state index contributed by atoms with van der Waals surface area (Å²) in [5, 5.41) is 83.3. The van der Waals surface area contributed by atoms with Crippen LogP contribution in [0.15, 0.2) is 0 Å². The van der Waals surface area contributed by atoms with Crippen LogP contribution >= 0.6 is 0 Å². The summed E-state index contributed by atoms with van der Waals surface area (Å²) in [7, 11) is 0. The molecule has 0 radical (unpaired) electrons. The van der Waals surface area contributed by atoms with Crippen LogP contribution in [0.3, 0.4) is 0 Å². The van der Waals surface area contributed by atoms with Crippen molar-refractivity contribution in [3.05, 3.63) is 0 Å². The summed E-state index contributed by atoms with van der Waals surface area (Å²) in [6.45, 7) is 0. The standard InChI is InChI=1S/5CH2O3.3Al.6H2O.3Zn/c5*2-1(3)4;;;;;;;;;;;;/h5*(H2,2,3,4);;;;6*1H2;;;/q;;;;;3*+3;;;;;;;3*+2/p-15. The molecule has 0 aliphatic heterocycles. The third-order valence-corrected chi connectivity index (χ3v) is 0. The van der Waals surface area contributed by atoms with Crippen molar-refractivity contribution in [2.45, 2.75) is 0 Å². The Hall–Kier alpha value is -0.422. The van der Waals surface area contributed by atoms with E-state index in [1.165, 1.54) is 0 Å². The number of hydrogen-bond acceptors (Lipinski definition) is 20. The van der Waals surface area contributed by atoms with Crippen LogP contribution in [0, 0.1) is 0 Å². The van der Waals surface area contributed by atoms with Crippen LogP contribution in [0.2, 0.25) is 0 Å². The fraction of sp³-hybridized carbons (Fsp3) is 0. The van der Waals surface area contributed by atoms with Gasteiger partial charge in [-0.05, 0) is 30.8 Å². The molecule has 27 heteroatoms. The van der Waals surface area contributed by atoms with Crippen molar-refractivity contribution in [1.29, 1.82) is 0 Å². The fourth-order valence-corrected chi connectivity index (χ4v) is 0. The molecule has 0 aromatic rings. The van der Waals surface area contributed by atoms with Crippen molar-refractivity contribution in [2.75, 3.05) is 0 Å². The third kappa shape index (κ3) is 135000. The number of carbonyl (C=O) groups excluding carboxylic acids is 5. The molecule has 0 saturated carbocycles. The van der Waals surface area contributed by atoms with Gasteiger partial charge in [-0.3, -0.25) is 0 Å². The molecule has 0 aliphatic rings. The maximum atomic E-state index is 8.33. The maximum absolute atomic E-state index is 8.33. The van der Waals surface area contributed by atoms with E-state index in [0.29, 0.717) is 0 Å². The molecule has 0 rings (SSSR count). The first-order valence-electron chi connectivity index (χ1n) is 3.06. The Morgan fingerprint density at radius 1 is 0.312 bits per heavy atom. The van der Waals surface area contributed by atoms with Gasteiger partial charge in [0.1, 0.15) is 0 Å². The van der Waals surface area contributed by atoms with Crippen LogP contribution in [-0.2, 0) is 58.4 Å². The van der Waals surface area contributed by atoms with Gasteiger partial charge < -0.3 is 108 Å². The molecule has 0 atom stereocenters. The molecule has 0 fully saturated rings. The van der Waals surface area contributed by atoms with Crippen LogP contribution in [0.1, 0.15) is 0 Å². The smallest absolute Gasteiger partial charge is 0.870 e. The zero-order valence-corrected chi connectivity index (χ0v) is 27.6. The van der Waals surface area contributed by atoms with E-state index in [2.05, 4.69) is 0 Å². The average Bonchev–Trinajstić information content (AvgIpc) is 1.94. The summed E-state index contributed by atoms with van der Waals surface area (Å²) >= 11 is 0. The monoisotopic (exact) mass is 676 g/mol. The van der Waals surface area contributed by atoms with E-state index >= 15 is 0 Å². The summed E-state index contributed by atoms with van der Waals surface area (Å²) in [6.07, 6.45) is -11.7. The second-order valence-corrected chi connectivity index (χ2v) is 1.25. The van der Waals surface area contributed by atoms with E-state index in [4.69, 9.17) is 75.0 Å². The van der Waals surface area contributed by atoms with Gasteiger partial charge >= 0.3 is 111 Å². The first kappa shape index (κ1) is 139. The average molecular weight is 680 g/mol. The molecular formula is C5H7Al3O21Zn3. The Kier molecular flexibility index (Phi) is 547. The van der Waals surface area contributed by atoms with Crippen molar-refractivity contribution in [3.63, 3.8) is 0 Å². The number of carboxylic acid groups (broad SMARTS) is 10. The minimum Gasteiger partial charge on any atom is -0.870 e. The van der Waals surface area contributed by atoms with Gasteiger partial charge in [0.15, 0.2) is 0 Å². The van der Waals surface area contributed by atoms with E-state index in [-0.39, 0.29) is 143 Å². The molecule has 0 amide bonds. The zero-order chi connectivity index (χ0) is 17.9. The molecule has 168 valence electrons. The maximum Gasteiger partial charge on any atom is 3.00 e. The predicted octanol–water partition coefficient (Wildman–Crippen LogP) is -15.1. The van der Waals surface area contributed by atoms with Crippen LogP contribution in [-0.4, -0.2) is 116 Å². The first-order chi connectivity index (χ1) is 8.66.